The highest BCUT2D eigenvalue weighted by atomic mass is 19.3. The van der Waals surface area contributed by atoms with Gasteiger partial charge in [-0.3, -0.25) is 9.78 Å². The molecule has 1 aromatic heterocycles. The Kier molecular flexibility index (Phi) is 6.23. The van der Waals surface area contributed by atoms with E-state index in [0.29, 0.717) is 0 Å². The Balaban J connectivity index is 1.98. The number of amides is 1. The van der Waals surface area contributed by atoms with E-state index in [0.717, 1.165) is 11.3 Å². The number of hydrogen-bond donors (Lipinski definition) is 1. The summed E-state index contributed by atoms with van der Waals surface area (Å²) < 4.78 is 28.5. The van der Waals surface area contributed by atoms with E-state index in [1.807, 2.05) is 32.0 Å². The van der Waals surface area contributed by atoms with Gasteiger partial charge in [0.2, 0.25) is 5.91 Å². The van der Waals surface area contributed by atoms with Crippen molar-refractivity contribution in [2.45, 2.75) is 32.9 Å². The lowest BCUT2D eigenvalue weighted by Gasteiger charge is -2.22. The van der Waals surface area contributed by atoms with Gasteiger partial charge >= 0.3 is 6.61 Å². The van der Waals surface area contributed by atoms with Gasteiger partial charge in [0.1, 0.15) is 5.75 Å². The summed E-state index contributed by atoms with van der Waals surface area (Å²) in [6.07, 6.45) is 1.85. The number of rotatable bonds is 7. The molecule has 1 aromatic carbocycles. The SMILES string of the molecule is CC(C)[C@@H](NC(=O)Cc1ccc(OC(F)F)cc1)c1ccccn1. The number of pyridine rings is 1. The Labute approximate surface area is 139 Å². The van der Waals surface area contributed by atoms with E-state index in [1.54, 1.807) is 18.3 Å². The molecule has 0 bridgehead atoms. The molecule has 0 aliphatic rings. The van der Waals surface area contributed by atoms with Crippen LogP contribution in [-0.4, -0.2) is 17.5 Å². The van der Waals surface area contributed by atoms with Gasteiger partial charge in [0.15, 0.2) is 0 Å². The zero-order valence-electron chi connectivity index (χ0n) is 13.6. The molecule has 0 aliphatic heterocycles. The maximum absolute atomic E-state index is 12.3. The molecule has 0 radical (unpaired) electrons. The average molecular weight is 334 g/mol. The van der Waals surface area contributed by atoms with Crippen molar-refractivity contribution in [3.05, 3.63) is 59.9 Å². The van der Waals surface area contributed by atoms with Crippen molar-refractivity contribution in [3.63, 3.8) is 0 Å². The predicted molar refractivity (Wildman–Crippen MR) is 86.7 cm³/mol. The number of benzene rings is 1. The Hall–Kier alpha value is -2.50. The maximum atomic E-state index is 12.3. The number of halogens is 2. The molecule has 1 N–H and O–H groups in total. The number of carbonyl (C=O) groups is 1. The van der Waals surface area contributed by atoms with Crippen LogP contribution in [0, 0.1) is 5.92 Å². The van der Waals surface area contributed by atoms with Gasteiger partial charge in [-0.05, 0) is 35.7 Å². The fourth-order valence-electron chi connectivity index (χ4n) is 2.34. The minimum absolute atomic E-state index is 0.0719. The first-order chi connectivity index (χ1) is 11.5. The summed E-state index contributed by atoms with van der Waals surface area (Å²) in [5.74, 6) is 0.107. The second kappa shape index (κ2) is 8.38. The van der Waals surface area contributed by atoms with Crippen molar-refractivity contribution >= 4 is 5.91 Å². The van der Waals surface area contributed by atoms with Crippen LogP contribution in [0.15, 0.2) is 48.7 Å². The minimum Gasteiger partial charge on any atom is -0.435 e. The third kappa shape index (κ3) is 5.30. The van der Waals surface area contributed by atoms with Crippen LogP contribution in [0.4, 0.5) is 8.78 Å². The summed E-state index contributed by atoms with van der Waals surface area (Å²) in [5.41, 5.74) is 1.53. The van der Waals surface area contributed by atoms with Crippen molar-refractivity contribution in [1.82, 2.24) is 10.3 Å². The Morgan fingerprint density at radius 3 is 2.42 bits per heavy atom. The Morgan fingerprint density at radius 1 is 1.17 bits per heavy atom. The molecule has 1 amide bonds. The number of carbonyl (C=O) groups excluding carboxylic acids is 1. The van der Waals surface area contributed by atoms with E-state index in [4.69, 9.17) is 0 Å². The molecular weight excluding hydrogens is 314 g/mol. The molecule has 4 nitrogen and oxygen atoms in total. The van der Waals surface area contributed by atoms with Gasteiger partial charge in [-0.1, -0.05) is 32.0 Å². The number of ether oxygens (including phenoxy) is 1. The number of nitrogens with one attached hydrogen (secondary N) is 1. The molecule has 0 saturated heterocycles. The van der Waals surface area contributed by atoms with Gasteiger partial charge in [0, 0.05) is 6.20 Å². The van der Waals surface area contributed by atoms with Gasteiger partial charge in [-0.15, -0.1) is 0 Å². The lowest BCUT2D eigenvalue weighted by atomic mass is 10.00. The van der Waals surface area contributed by atoms with Crippen LogP contribution < -0.4 is 10.1 Å². The number of alkyl halides is 2. The first-order valence-corrected chi connectivity index (χ1v) is 7.69. The van der Waals surface area contributed by atoms with Crippen LogP contribution >= 0.6 is 0 Å². The van der Waals surface area contributed by atoms with Crippen molar-refractivity contribution in [2.75, 3.05) is 0 Å². The standard InChI is InChI=1S/C18H20F2N2O2/c1-12(2)17(15-5-3-4-10-21-15)22-16(23)11-13-6-8-14(9-7-13)24-18(19)20/h3-10,12,17-18H,11H2,1-2H3,(H,22,23)/t17-/m1/s1. The predicted octanol–water partition coefficient (Wildman–Crippen LogP) is 3.74. The highest BCUT2D eigenvalue weighted by Crippen LogP contribution is 2.20. The molecule has 2 aromatic rings. The summed E-state index contributed by atoms with van der Waals surface area (Å²) in [6.45, 7) is 1.16. The zero-order chi connectivity index (χ0) is 17.5. The second-order valence-corrected chi connectivity index (χ2v) is 5.74. The molecule has 0 fully saturated rings. The fraction of sp³-hybridized carbons (Fsp3) is 0.333. The highest BCUT2D eigenvalue weighted by molar-refractivity contribution is 5.79. The van der Waals surface area contributed by atoms with Crippen molar-refractivity contribution < 1.29 is 18.3 Å². The molecule has 1 heterocycles. The monoisotopic (exact) mass is 334 g/mol. The summed E-state index contributed by atoms with van der Waals surface area (Å²) in [6, 6.07) is 11.4. The van der Waals surface area contributed by atoms with E-state index in [2.05, 4.69) is 15.0 Å². The normalized spacial score (nSPS) is 12.2. The smallest absolute Gasteiger partial charge is 0.387 e. The maximum Gasteiger partial charge on any atom is 0.387 e. The third-order valence-corrected chi connectivity index (χ3v) is 3.50. The van der Waals surface area contributed by atoms with E-state index >= 15 is 0 Å². The Bertz CT molecular complexity index is 646. The van der Waals surface area contributed by atoms with Gasteiger partial charge in [0.25, 0.3) is 0 Å². The summed E-state index contributed by atoms with van der Waals surface area (Å²) in [7, 11) is 0. The van der Waals surface area contributed by atoms with Crippen LogP contribution in [-0.2, 0) is 11.2 Å². The van der Waals surface area contributed by atoms with Gasteiger partial charge < -0.3 is 10.1 Å². The number of aromatic nitrogens is 1. The quantitative estimate of drug-likeness (QED) is 0.839. The van der Waals surface area contributed by atoms with E-state index in [1.165, 1.54) is 12.1 Å². The zero-order valence-corrected chi connectivity index (χ0v) is 13.6. The number of nitrogens with zero attached hydrogens (tertiary/aromatic N) is 1. The van der Waals surface area contributed by atoms with Crippen molar-refractivity contribution in [3.8, 4) is 5.75 Å². The van der Waals surface area contributed by atoms with Crippen LogP contribution in [0.1, 0.15) is 31.1 Å². The molecule has 128 valence electrons. The molecule has 0 saturated carbocycles. The Morgan fingerprint density at radius 2 is 1.88 bits per heavy atom. The molecule has 0 spiro atoms. The molecule has 0 aliphatic carbocycles. The second-order valence-electron chi connectivity index (χ2n) is 5.74. The van der Waals surface area contributed by atoms with Gasteiger partial charge in [0.05, 0.1) is 18.2 Å². The van der Waals surface area contributed by atoms with Crippen LogP contribution in [0.3, 0.4) is 0 Å². The van der Waals surface area contributed by atoms with E-state index in [-0.39, 0.29) is 30.0 Å². The highest BCUT2D eigenvalue weighted by Gasteiger charge is 2.19. The van der Waals surface area contributed by atoms with Crippen molar-refractivity contribution in [2.24, 2.45) is 5.92 Å². The lowest BCUT2D eigenvalue weighted by Crippen LogP contribution is -2.33. The molecule has 1 atom stereocenters. The first kappa shape index (κ1) is 17.8. The summed E-state index contributed by atoms with van der Waals surface area (Å²) in [5, 5.41) is 2.98. The average Bonchev–Trinajstić information content (AvgIpc) is 2.54. The first-order valence-electron chi connectivity index (χ1n) is 7.69. The fourth-order valence-corrected chi connectivity index (χ4v) is 2.34. The van der Waals surface area contributed by atoms with Gasteiger partial charge in [-0.25, -0.2) is 0 Å². The van der Waals surface area contributed by atoms with Crippen molar-refractivity contribution in [1.29, 1.82) is 0 Å². The van der Waals surface area contributed by atoms with Gasteiger partial charge in [-0.2, -0.15) is 8.78 Å². The molecule has 0 unspecified atom stereocenters. The summed E-state index contributed by atoms with van der Waals surface area (Å²) in [4.78, 5) is 16.6. The molecular formula is C18H20F2N2O2. The van der Waals surface area contributed by atoms with E-state index in [9.17, 15) is 13.6 Å². The molecule has 2 rings (SSSR count). The molecule has 24 heavy (non-hydrogen) atoms. The van der Waals surface area contributed by atoms with E-state index < -0.39 is 6.61 Å². The topological polar surface area (TPSA) is 51.2 Å². The summed E-state index contributed by atoms with van der Waals surface area (Å²) >= 11 is 0. The van der Waals surface area contributed by atoms with Crippen LogP contribution in [0.2, 0.25) is 0 Å². The molecule has 6 heteroatoms. The minimum atomic E-state index is -2.86. The van der Waals surface area contributed by atoms with Crippen LogP contribution in [0.5, 0.6) is 5.75 Å². The largest absolute Gasteiger partial charge is 0.435 e. The van der Waals surface area contributed by atoms with Crippen LogP contribution in [0.25, 0.3) is 0 Å². The number of hydrogen-bond acceptors (Lipinski definition) is 3. The third-order valence-electron chi connectivity index (χ3n) is 3.50. The lowest BCUT2D eigenvalue weighted by molar-refractivity contribution is -0.121.